The van der Waals surface area contributed by atoms with Gasteiger partial charge in [-0.25, -0.2) is 9.59 Å². The molecule has 44 heavy (non-hydrogen) atoms. The Balaban J connectivity index is 1.42. The Morgan fingerprint density at radius 3 is 1.73 bits per heavy atom. The zero-order chi connectivity index (χ0) is 31.1. The van der Waals surface area contributed by atoms with Crippen molar-refractivity contribution in [3.8, 4) is 0 Å². The minimum absolute atomic E-state index is 0.0660. The van der Waals surface area contributed by atoms with Crippen LogP contribution in [0.5, 0.6) is 0 Å². The van der Waals surface area contributed by atoms with Gasteiger partial charge in [0.15, 0.2) is 0 Å². The summed E-state index contributed by atoms with van der Waals surface area (Å²) >= 11 is 6.44. The highest BCUT2D eigenvalue weighted by Gasteiger charge is 2.39. The molecule has 0 spiro atoms. The lowest BCUT2D eigenvalue weighted by atomic mass is 9.77. The lowest BCUT2D eigenvalue weighted by Crippen LogP contribution is -2.46. The van der Waals surface area contributed by atoms with Gasteiger partial charge < -0.3 is 20.3 Å². The molecule has 0 saturated heterocycles. The molecular formula is C36H33ClN2O5. The summed E-state index contributed by atoms with van der Waals surface area (Å²) in [5, 5.41) is 27.3. The molecule has 1 unspecified atom stereocenters. The second-order valence-electron chi connectivity index (χ2n) is 10.4. The number of halogens is 1. The number of allylic oxidation sites excluding steroid dienone is 1. The molecule has 4 N–H and O–H groups in total. The van der Waals surface area contributed by atoms with Crippen molar-refractivity contribution in [1.29, 1.82) is 0 Å². The molecule has 0 amide bonds. The van der Waals surface area contributed by atoms with E-state index in [-0.39, 0.29) is 35.1 Å². The number of carboxylic acids is 2. The van der Waals surface area contributed by atoms with Crippen LogP contribution in [0.25, 0.3) is 0 Å². The maximum absolute atomic E-state index is 12.6. The lowest BCUT2D eigenvalue weighted by Gasteiger charge is -2.37. The zero-order valence-electron chi connectivity index (χ0n) is 24.2. The molecule has 224 valence electrons. The van der Waals surface area contributed by atoms with Gasteiger partial charge in [-0.3, -0.25) is 5.32 Å². The highest BCUT2D eigenvalue weighted by Crippen LogP contribution is 2.41. The fourth-order valence-corrected chi connectivity index (χ4v) is 6.17. The van der Waals surface area contributed by atoms with Crippen molar-refractivity contribution < 1.29 is 24.5 Å². The van der Waals surface area contributed by atoms with Crippen LogP contribution in [0.15, 0.2) is 138 Å². The Kier molecular flexibility index (Phi) is 9.60. The third kappa shape index (κ3) is 6.17. The van der Waals surface area contributed by atoms with Crippen LogP contribution in [-0.2, 0) is 19.9 Å². The number of aliphatic carboxylic acids is 2. The Morgan fingerprint density at radius 2 is 1.25 bits per heavy atom. The number of ether oxygens (including phenoxy) is 1. The number of carboxylic acid groups (broad SMARTS) is 2. The monoisotopic (exact) mass is 608 g/mol. The smallest absolute Gasteiger partial charge is 0.334 e. The number of nitrogens with one attached hydrogen (secondary N) is 2. The summed E-state index contributed by atoms with van der Waals surface area (Å²) in [5.41, 5.74) is 3.35. The van der Waals surface area contributed by atoms with Gasteiger partial charge in [0.2, 0.25) is 0 Å². The Bertz CT molecular complexity index is 1590. The molecule has 7 nitrogen and oxygen atoms in total. The van der Waals surface area contributed by atoms with E-state index in [1.54, 1.807) is 31.2 Å². The summed E-state index contributed by atoms with van der Waals surface area (Å²) in [6.45, 7) is 2.22. The molecule has 4 aromatic carbocycles. The summed E-state index contributed by atoms with van der Waals surface area (Å²) < 4.78 is 6.07. The minimum atomic E-state index is -1.25. The van der Waals surface area contributed by atoms with Gasteiger partial charge in [-0.2, -0.15) is 0 Å². The standard InChI is InChI=1S/C36H33ClN2O5/c1-24-31(34(40)41)32(28-19-11-12-20-29(28)37)33(35(42)43)30(39-24)23-44-22-21-38-36(25-13-5-2-6-14-25,26-15-7-3-8-16-26)27-17-9-4-10-18-27/h2-20,32,38-39H,21-23H2,1H3,(H,40,41)(H,42,43). The first-order chi connectivity index (χ1) is 21.3. The van der Waals surface area contributed by atoms with E-state index in [1.165, 1.54) is 0 Å². The second kappa shape index (κ2) is 13.7. The highest BCUT2D eigenvalue weighted by atomic mass is 35.5. The van der Waals surface area contributed by atoms with E-state index >= 15 is 0 Å². The normalized spacial score (nSPS) is 15.2. The first-order valence-electron chi connectivity index (χ1n) is 14.3. The third-order valence-electron chi connectivity index (χ3n) is 7.83. The molecule has 1 aliphatic heterocycles. The number of rotatable bonds is 12. The van der Waals surface area contributed by atoms with Crippen molar-refractivity contribution in [2.75, 3.05) is 19.8 Å². The van der Waals surface area contributed by atoms with Gasteiger partial charge in [-0.1, -0.05) is 121 Å². The Hall–Kier alpha value is -4.69. The molecule has 0 bridgehead atoms. The lowest BCUT2D eigenvalue weighted by molar-refractivity contribution is -0.133. The fourth-order valence-electron chi connectivity index (χ4n) is 5.92. The summed E-state index contributed by atoms with van der Waals surface area (Å²) in [6.07, 6.45) is 0. The summed E-state index contributed by atoms with van der Waals surface area (Å²) in [6, 6.07) is 37.3. The predicted octanol–water partition coefficient (Wildman–Crippen LogP) is 6.32. The first-order valence-corrected chi connectivity index (χ1v) is 14.6. The summed E-state index contributed by atoms with van der Waals surface area (Å²) in [4.78, 5) is 24.9. The van der Waals surface area contributed by atoms with Crippen LogP contribution in [0.1, 0.15) is 35.1 Å². The average molecular weight is 609 g/mol. The van der Waals surface area contributed by atoms with Gasteiger partial charge in [-0.05, 0) is 35.2 Å². The van der Waals surface area contributed by atoms with E-state index in [9.17, 15) is 19.8 Å². The Morgan fingerprint density at radius 1 is 0.773 bits per heavy atom. The SMILES string of the molecule is CC1=C(C(=O)O)C(c2ccccc2Cl)C(C(=O)O)=C(COCCNC(c2ccccc2)(c2ccccc2)c2ccccc2)N1. The maximum Gasteiger partial charge on any atom is 0.334 e. The number of benzene rings is 4. The molecule has 0 radical (unpaired) electrons. The molecule has 0 saturated carbocycles. The van der Waals surface area contributed by atoms with Crippen molar-refractivity contribution in [1.82, 2.24) is 10.6 Å². The Labute approximate surface area is 261 Å². The minimum Gasteiger partial charge on any atom is -0.478 e. The number of hydrogen-bond donors (Lipinski definition) is 4. The molecule has 0 fully saturated rings. The molecule has 1 heterocycles. The zero-order valence-corrected chi connectivity index (χ0v) is 24.9. The van der Waals surface area contributed by atoms with Gasteiger partial charge in [0.25, 0.3) is 0 Å². The third-order valence-corrected chi connectivity index (χ3v) is 8.17. The molecule has 1 aliphatic rings. The van der Waals surface area contributed by atoms with Crippen LogP contribution in [0.2, 0.25) is 5.02 Å². The van der Waals surface area contributed by atoms with Crippen molar-refractivity contribution >= 4 is 23.5 Å². The second-order valence-corrected chi connectivity index (χ2v) is 10.9. The van der Waals surface area contributed by atoms with Gasteiger partial charge in [-0.15, -0.1) is 0 Å². The predicted molar refractivity (Wildman–Crippen MR) is 170 cm³/mol. The van der Waals surface area contributed by atoms with Crippen molar-refractivity contribution in [2.24, 2.45) is 0 Å². The van der Waals surface area contributed by atoms with E-state index in [1.807, 2.05) is 54.6 Å². The molecule has 4 aromatic rings. The molecule has 0 aliphatic carbocycles. The molecule has 8 heteroatoms. The van der Waals surface area contributed by atoms with Crippen LogP contribution in [0.3, 0.4) is 0 Å². The average Bonchev–Trinajstić information content (AvgIpc) is 3.03. The van der Waals surface area contributed by atoms with E-state index in [0.717, 1.165) is 16.7 Å². The van der Waals surface area contributed by atoms with Crippen molar-refractivity contribution in [3.63, 3.8) is 0 Å². The first kappa shape index (κ1) is 30.8. The number of carbonyl (C=O) groups is 2. The topological polar surface area (TPSA) is 108 Å². The largest absolute Gasteiger partial charge is 0.478 e. The van der Waals surface area contributed by atoms with Crippen molar-refractivity contribution in [3.05, 3.63) is 165 Å². The van der Waals surface area contributed by atoms with Crippen LogP contribution in [0, 0.1) is 0 Å². The molecule has 5 rings (SSSR count). The fraction of sp³-hybridized carbons (Fsp3) is 0.167. The van der Waals surface area contributed by atoms with E-state index < -0.39 is 23.4 Å². The van der Waals surface area contributed by atoms with E-state index in [2.05, 4.69) is 47.0 Å². The van der Waals surface area contributed by atoms with Crippen LogP contribution < -0.4 is 10.6 Å². The van der Waals surface area contributed by atoms with Crippen molar-refractivity contribution in [2.45, 2.75) is 18.4 Å². The van der Waals surface area contributed by atoms with Gasteiger partial charge in [0.05, 0.1) is 41.5 Å². The highest BCUT2D eigenvalue weighted by molar-refractivity contribution is 6.31. The van der Waals surface area contributed by atoms with E-state index in [0.29, 0.717) is 17.8 Å². The number of hydrogen-bond acceptors (Lipinski definition) is 5. The molecular weight excluding hydrogens is 576 g/mol. The summed E-state index contributed by atoms with van der Waals surface area (Å²) in [7, 11) is 0. The molecule has 0 aromatic heterocycles. The molecule has 1 atom stereocenters. The maximum atomic E-state index is 12.6. The number of dihydropyridines is 1. The van der Waals surface area contributed by atoms with E-state index in [4.69, 9.17) is 16.3 Å². The van der Waals surface area contributed by atoms with Gasteiger partial charge in [0.1, 0.15) is 0 Å². The van der Waals surface area contributed by atoms with Crippen LogP contribution in [-0.4, -0.2) is 41.9 Å². The van der Waals surface area contributed by atoms with Gasteiger partial charge in [0, 0.05) is 17.3 Å². The van der Waals surface area contributed by atoms with Gasteiger partial charge >= 0.3 is 11.9 Å². The van der Waals surface area contributed by atoms with Crippen LogP contribution in [0.4, 0.5) is 0 Å². The quantitative estimate of drug-likeness (QED) is 0.110. The van der Waals surface area contributed by atoms with Crippen LogP contribution >= 0.6 is 11.6 Å². The summed E-state index contributed by atoms with van der Waals surface area (Å²) in [5.74, 6) is -3.54.